The van der Waals surface area contributed by atoms with E-state index >= 15 is 0 Å². The number of hydrogen-bond acceptors (Lipinski definition) is 3. The van der Waals surface area contributed by atoms with E-state index in [9.17, 15) is 0 Å². The van der Waals surface area contributed by atoms with Gasteiger partial charge in [-0.05, 0) is 24.1 Å². The van der Waals surface area contributed by atoms with E-state index in [0.29, 0.717) is 19.1 Å². The maximum atomic E-state index is 5.69. The number of nitrogens with two attached hydrogens (primary N) is 1. The first-order chi connectivity index (χ1) is 8.76. The van der Waals surface area contributed by atoms with E-state index < -0.39 is 0 Å². The summed E-state index contributed by atoms with van der Waals surface area (Å²) >= 11 is 0. The molecule has 0 unspecified atom stereocenters. The highest BCUT2D eigenvalue weighted by molar-refractivity contribution is 5.77. The van der Waals surface area contributed by atoms with Crippen LogP contribution < -0.4 is 15.8 Å². The van der Waals surface area contributed by atoms with Gasteiger partial charge in [-0.2, -0.15) is 0 Å². The first-order valence-electron chi connectivity index (χ1n) is 5.92. The number of nitrogens with zero attached hydrogens (tertiary/aromatic N) is 1. The molecule has 1 aromatic carbocycles. The molecule has 0 atom stereocenters. The predicted octanol–water partition coefficient (Wildman–Crippen LogP) is 0.788. The molecule has 0 aliphatic carbocycles. The van der Waals surface area contributed by atoms with Crippen molar-refractivity contribution in [1.82, 2.24) is 5.32 Å². The molecule has 1 rings (SSSR count). The van der Waals surface area contributed by atoms with Crippen molar-refractivity contribution in [3.05, 3.63) is 29.8 Å². The summed E-state index contributed by atoms with van der Waals surface area (Å²) < 4.78 is 9.99. The fraction of sp³-hybridized carbons (Fsp3) is 0.462. The Morgan fingerprint density at radius 3 is 2.61 bits per heavy atom. The van der Waals surface area contributed by atoms with Gasteiger partial charge in [0.25, 0.3) is 0 Å². The Kier molecular flexibility index (Phi) is 6.64. The van der Waals surface area contributed by atoms with E-state index in [-0.39, 0.29) is 0 Å². The van der Waals surface area contributed by atoms with Crippen LogP contribution in [-0.4, -0.2) is 39.9 Å². The zero-order valence-corrected chi connectivity index (χ0v) is 11.0. The van der Waals surface area contributed by atoms with Gasteiger partial charge in [0.05, 0.1) is 20.3 Å². The molecule has 18 heavy (non-hydrogen) atoms. The molecule has 0 amide bonds. The first-order valence-corrected chi connectivity index (χ1v) is 5.92. The molecule has 100 valence electrons. The molecule has 0 aromatic heterocycles. The second-order valence-electron chi connectivity index (χ2n) is 3.78. The maximum absolute atomic E-state index is 5.69. The Morgan fingerprint density at radius 2 is 2.00 bits per heavy atom. The summed E-state index contributed by atoms with van der Waals surface area (Å²) in [6.45, 7) is 1.92. The second-order valence-corrected chi connectivity index (χ2v) is 3.78. The van der Waals surface area contributed by atoms with Gasteiger partial charge in [0.1, 0.15) is 5.75 Å². The average molecular weight is 251 g/mol. The fourth-order valence-electron chi connectivity index (χ4n) is 1.44. The second kappa shape index (κ2) is 8.36. The number of benzene rings is 1. The summed E-state index contributed by atoms with van der Waals surface area (Å²) in [7, 11) is 3.30. The molecule has 0 heterocycles. The van der Waals surface area contributed by atoms with E-state index in [0.717, 1.165) is 18.7 Å². The van der Waals surface area contributed by atoms with Crippen molar-refractivity contribution >= 4 is 5.96 Å². The first kappa shape index (κ1) is 14.3. The summed E-state index contributed by atoms with van der Waals surface area (Å²) in [5, 5.41) is 3.06. The van der Waals surface area contributed by atoms with Gasteiger partial charge in [-0.25, -0.2) is 0 Å². The van der Waals surface area contributed by atoms with Crippen LogP contribution in [0.2, 0.25) is 0 Å². The van der Waals surface area contributed by atoms with Gasteiger partial charge in [-0.1, -0.05) is 12.1 Å². The molecule has 0 aliphatic rings. The minimum Gasteiger partial charge on any atom is -0.497 e. The lowest BCUT2D eigenvalue weighted by molar-refractivity contribution is 0.208. The van der Waals surface area contributed by atoms with Gasteiger partial charge >= 0.3 is 0 Å². The summed E-state index contributed by atoms with van der Waals surface area (Å²) in [5.74, 6) is 1.33. The van der Waals surface area contributed by atoms with Gasteiger partial charge < -0.3 is 20.5 Å². The number of methoxy groups -OCH3 is 2. The molecule has 0 bridgehead atoms. The van der Waals surface area contributed by atoms with Crippen molar-refractivity contribution in [3.63, 3.8) is 0 Å². The molecule has 0 saturated carbocycles. The number of hydrogen-bond donors (Lipinski definition) is 2. The molecule has 0 aliphatic heterocycles. The third-order valence-corrected chi connectivity index (χ3v) is 2.46. The SMILES string of the molecule is COCCN=C(N)NCCc1ccc(OC)cc1. The molecule has 0 saturated heterocycles. The molecule has 1 aromatic rings. The smallest absolute Gasteiger partial charge is 0.188 e. The number of nitrogens with one attached hydrogen (secondary N) is 1. The van der Waals surface area contributed by atoms with E-state index in [1.165, 1.54) is 5.56 Å². The van der Waals surface area contributed by atoms with Crippen LogP contribution in [0.15, 0.2) is 29.3 Å². The minimum atomic E-state index is 0.459. The molecule has 5 heteroatoms. The van der Waals surface area contributed by atoms with Gasteiger partial charge in [0, 0.05) is 13.7 Å². The van der Waals surface area contributed by atoms with Crippen molar-refractivity contribution in [2.45, 2.75) is 6.42 Å². The lowest BCUT2D eigenvalue weighted by atomic mass is 10.1. The van der Waals surface area contributed by atoms with Crippen molar-refractivity contribution in [2.24, 2.45) is 10.7 Å². The largest absolute Gasteiger partial charge is 0.497 e. The lowest BCUT2D eigenvalue weighted by Gasteiger charge is -2.06. The lowest BCUT2D eigenvalue weighted by Crippen LogP contribution is -2.33. The maximum Gasteiger partial charge on any atom is 0.188 e. The van der Waals surface area contributed by atoms with Crippen LogP contribution >= 0.6 is 0 Å². The Morgan fingerprint density at radius 1 is 1.28 bits per heavy atom. The molecule has 0 fully saturated rings. The molecule has 0 spiro atoms. The van der Waals surface area contributed by atoms with Crippen LogP contribution in [-0.2, 0) is 11.2 Å². The predicted molar refractivity (Wildman–Crippen MR) is 73.1 cm³/mol. The Bertz CT molecular complexity index is 363. The van der Waals surface area contributed by atoms with Crippen molar-refractivity contribution in [2.75, 3.05) is 33.9 Å². The highest BCUT2D eigenvalue weighted by Gasteiger charge is 1.95. The van der Waals surface area contributed by atoms with Crippen LogP contribution in [0.1, 0.15) is 5.56 Å². The van der Waals surface area contributed by atoms with Crippen LogP contribution in [0.25, 0.3) is 0 Å². The summed E-state index contributed by atoms with van der Waals surface area (Å²) in [5.41, 5.74) is 6.92. The highest BCUT2D eigenvalue weighted by atomic mass is 16.5. The van der Waals surface area contributed by atoms with E-state index in [4.69, 9.17) is 15.2 Å². The van der Waals surface area contributed by atoms with Gasteiger partial charge in [0.15, 0.2) is 5.96 Å². The average Bonchev–Trinajstić information content (AvgIpc) is 2.40. The minimum absolute atomic E-state index is 0.459. The molecule has 3 N–H and O–H groups in total. The third-order valence-electron chi connectivity index (χ3n) is 2.46. The number of guanidine groups is 1. The Labute approximate surface area is 108 Å². The summed E-state index contributed by atoms with van der Waals surface area (Å²) in [6, 6.07) is 7.98. The summed E-state index contributed by atoms with van der Waals surface area (Å²) in [6.07, 6.45) is 0.893. The van der Waals surface area contributed by atoms with Crippen molar-refractivity contribution in [3.8, 4) is 5.75 Å². The van der Waals surface area contributed by atoms with Gasteiger partial charge in [-0.15, -0.1) is 0 Å². The van der Waals surface area contributed by atoms with Gasteiger partial charge in [0.2, 0.25) is 0 Å². The van der Waals surface area contributed by atoms with E-state index in [2.05, 4.69) is 10.3 Å². The summed E-state index contributed by atoms with van der Waals surface area (Å²) in [4.78, 5) is 4.11. The Hall–Kier alpha value is -1.75. The third kappa shape index (κ3) is 5.54. The van der Waals surface area contributed by atoms with E-state index in [1.54, 1.807) is 14.2 Å². The van der Waals surface area contributed by atoms with Gasteiger partial charge in [-0.3, -0.25) is 4.99 Å². The van der Waals surface area contributed by atoms with Crippen molar-refractivity contribution < 1.29 is 9.47 Å². The molecule has 5 nitrogen and oxygen atoms in total. The topological polar surface area (TPSA) is 68.9 Å². The Balaban J connectivity index is 2.26. The number of ether oxygens (including phenoxy) is 2. The van der Waals surface area contributed by atoms with Crippen molar-refractivity contribution in [1.29, 1.82) is 0 Å². The van der Waals surface area contributed by atoms with E-state index in [1.807, 2.05) is 24.3 Å². The van der Waals surface area contributed by atoms with Crippen LogP contribution in [0.3, 0.4) is 0 Å². The number of rotatable bonds is 7. The molecule has 0 radical (unpaired) electrons. The number of aliphatic imine (C=N–C) groups is 1. The van der Waals surface area contributed by atoms with Crippen LogP contribution in [0, 0.1) is 0 Å². The van der Waals surface area contributed by atoms with Crippen LogP contribution in [0.4, 0.5) is 0 Å². The molecular formula is C13H21N3O2. The fourth-order valence-corrected chi connectivity index (χ4v) is 1.44. The quantitative estimate of drug-likeness (QED) is 0.427. The highest BCUT2D eigenvalue weighted by Crippen LogP contribution is 2.11. The zero-order chi connectivity index (χ0) is 13.2. The standard InChI is InChI=1S/C13H21N3O2/c1-17-10-9-16-13(14)15-8-7-11-3-5-12(18-2)6-4-11/h3-6H,7-10H2,1-2H3,(H3,14,15,16). The zero-order valence-electron chi connectivity index (χ0n) is 11.0. The molecular weight excluding hydrogens is 230 g/mol. The normalized spacial score (nSPS) is 11.3. The monoisotopic (exact) mass is 251 g/mol. The van der Waals surface area contributed by atoms with Crippen LogP contribution in [0.5, 0.6) is 5.75 Å².